The molecule has 0 aliphatic carbocycles. The highest BCUT2D eigenvalue weighted by Crippen LogP contribution is 2.33. The van der Waals surface area contributed by atoms with Crippen LogP contribution >= 0.6 is 11.3 Å². The molecule has 0 aliphatic heterocycles. The van der Waals surface area contributed by atoms with E-state index in [-0.39, 0.29) is 17.4 Å². The zero-order valence-corrected chi connectivity index (χ0v) is 19.5. The Kier molecular flexibility index (Phi) is 7.10. The number of hydrogen-bond acceptors (Lipinski definition) is 5. The van der Waals surface area contributed by atoms with Crippen LogP contribution in [0.5, 0.6) is 0 Å². The monoisotopic (exact) mass is 458 g/mol. The van der Waals surface area contributed by atoms with Gasteiger partial charge in [0.1, 0.15) is 10.7 Å². The Hall–Kier alpha value is -3.58. The van der Waals surface area contributed by atoms with Gasteiger partial charge in [-0.05, 0) is 25.0 Å². The first-order valence-corrected chi connectivity index (χ1v) is 11.8. The average molecular weight is 459 g/mol. The lowest BCUT2D eigenvalue weighted by Crippen LogP contribution is -2.34. The second-order valence-corrected chi connectivity index (χ2v) is 8.74. The zero-order chi connectivity index (χ0) is 23.2. The molecule has 0 bridgehead atoms. The number of thiazole rings is 1. The van der Waals surface area contributed by atoms with E-state index in [1.54, 1.807) is 17.4 Å². The lowest BCUT2D eigenvalue weighted by molar-refractivity contribution is -0.122. The van der Waals surface area contributed by atoms with Crippen molar-refractivity contribution >= 4 is 17.2 Å². The van der Waals surface area contributed by atoms with E-state index in [0.29, 0.717) is 25.2 Å². The first-order valence-electron chi connectivity index (χ1n) is 11.0. The number of nitrogens with zero attached hydrogens (tertiary/aromatic N) is 3. The SMILES string of the molecule is CCC(C(=O)NCCn1nc(-c2sc(-c3ccccc3)nc2C)ccc1=O)c1ccccc1. The molecule has 0 spiro atoms. The quantitative estimate of drug-likeness (QED) is 0.417. The van der Waals surface area contributed by atoms with E-state index in [9.17, 15) is 9.59 Å². The van der Waals surface area contributed by atoms with Crippen molar-refractivity contribution in [1.82, 2.24) is 20.1 Å². The second-order valence-electron chi connectivity index (χ2n) is 7.74. The van der Waals surface area contributed by atoms with Crippen LogP contribution in [0.25, 0.3) is 21.1 Å². The van der Waals surface area contributed by atoms with Crippen LogP contribution in [-0.4, -0.2) is 27.2 Å². The molecule has 0 saturated heterocycles. The first kappa shape index (κ1) is 22.6. The predicted molar refractivity (Wildman–Crippen MR) is 132 cm³/mol. The minimum Gasteiger partial charge on any atom is -0.354 e. The van der Waals surface area contributed by atoms with Crippen LogP contribution < -0.4 is 10.9 Å². The van der Waals surface area contributed by atoms with E-state index in [1.807, 2.05) is 74.5 Å². The van der Waals surface area contributed by atoms with Gasteiger partial charge in [-0.2, -0.15) is 5.10 Å². The van der Waals surface area contributed by atoms with Crippen LogP contribution in [0, 0.1) is 6.92 Å². The Balaban J connectivity index is 1.47. The summed E-state index contributed by atoms with van der Waals surface area (Å²) in [6.45, 7) is 4.57. The number of benzene rings is 2. The number of aryl methyl sites for hydroxylation is 1. The topological polar surface area (TPSA) is 76.9 Å². The van der Waals surface area contributed by atoms with E-state index in [0.717, 1.165) is 26.7 Å². The van der Waals surface area contributed by atoms with Crippen LogP contribution in [0.3, 0.4) is 0 Å². The lowest BCUT2D eigenvalue weighted by Gasteiger charge is -2.15. The summed E-state index contributed by atoms with van der Waals surface area (Å²) < 4.78 is 1.40. The van der Waals surface area contributed by atoms with Gasteiger partial charge in [-0.25, -0.2) is 9.67 Å². The fourth-order valence-electron chi connectivity index (χ4n) is 3.73. The molecular formula is C26H26N4O2S. The average Bonchev–Trinajstić information content (AvgIpc) is 3.23. The predicted octanol–water partition coefficient (Wildman–Crippen LogP) is 4.65. The van der Waals surface area contributed by atoms with Crippen molar-refractivity contribution in [1.29, 1.82) is 0 Å². The van der Waals surface area contributed by atoms with Crippen LogP contribution in [0.2, 0.25) is 0 Å². The molecule has 0 fully saturated rings. The van der Waals surface area contributed by atoms with E-state index >= 15 is 0 Å². The van der Waals surface area contributed by atoms with Gasteiger partial charge in [-0.1, -0.05) is 67.6 Å². The molecule has 0 aliphatic rings. The highest BCUT2D eigenvalue weighted by atomic mass is 32.1. The molecular weight excluding hydrogens is 432 g/mol. The van der Waals surface area contributed by atoms with Gasteiger partial charge >= 0.3 is 0 Å². The molecule has 2 aromatic heterocycles. The Morgan fingerprint density at radius 2 is 1.73 bits per heavy atom. The van der Waals surface area contributed by atoms with E-state index in [2.05, 4.69) is 15.4 Å². The first-order chi connectivity index (χ1) is 16.1. The van der Waals surface area contributed by atoms with Crippen molar-refractivity contribution < 1.29 is 4.79 Å². The van der Waals surface area contributed by atoms with Crippen molar-refractivity contribution in [2.24, 2.45) is 0 Å². The highest BCUT2D eigenvalue weighted by Gasteiger charge is 2.18. The summed E-state index contributed by atoms with van der Waals surface area (Å²) in [5.41, 5.74) is 3.42. The molecule has 33 heavy (non-hydrogen) atoms. The van der Waals surface area contributed by atoms with Crippen molar-refractivity contribution in [2.75, 3.05) is 6.54 Å². The van der Waals surface area contributed by atoms with Gasteiger partial charge < -0.3 is 5.32 Å². The Morgan fingerprint density at radius 3 is 2.42 bits per heavy atom. The van der Waals surface area contributed by atoms with E-state index < -0.39 is 0 Å². The number of nitrogens with one attached hydrogen (secondary N) is 1. The summed E-state index contributed by atoms with van der Waals surface area (Å²) in [7, 11) is 0. The number of carbonyl (C=O) groups is 1. The third-order valence-corrected chi connectivity index (χ3v) is 6.70. The molecule has 1 amide bonds. The molecule has 4 rings (SSSR count). The number of aromatic nitrogens is 3. The summed E-state index contributed by atoms with van der Waals surface area (Å²) in [4.78, 5) is 30.7. The van der Waals surface area contributed by atoms with Crippen LogP contribution in [0.15, 0.2) is 77.6 Å². The largest absolute Gasteiger partial charge is 0.354 e. The zero-order valence-electron chi connectivity index (χ0n) is 18.7. The summed E-state index contributed by atoms with van der Waals surface area (Å²) in [5, 5.41) is 8.43. The van der Waals surface area contributed by atoms with Crippen molar-refractivity contribution in [2.45, 2.75) is 32.7 Å². The minimum absolute atomic E-state index is 0.0429. The molecule has 6 nitrogen and oxygen atoms in total. The van der Waals surface area contributed by atoms with Gasteiger partial charge in [0, 0.05) is 18.2 Å². The molecule has 7 heteroatoms. The van der Waals surface area contributed by atoms with Gasteiger partial charge in [0.25, 0.3) is 5.56 Å². The molecule has 0 radical (unpaired) electrons. The fraction of sp³-hybridized carbons (Fsp3) is 0.231. The molecule has 2 aromatic carbocycles. The summed E-state index contributed by atoms with van der Waals surface area (Å²) in [5.74, 6) is -0.253. The minimum atomic E-state index is -0.210. The standard InChI is InChI=1S/C26H26N4O2S/c1-3-21(19-10-6-4-7-11-19)25(32)27-16-17-30-23(31)15-14-22(29-30)24-18(2)28-26(33-24)20-12-8-5-9-13-20/h4-15,21H,3,16-17H2,1-2H3,(H,27,32). The van der Waals surface area contributed by atoms with Gasteiger partial charge in [0.05, 0.1) is 23.0 Å². The second kappa shape index (κ2) is 10.4. The van der Waals surface area contributed by atoms with E-state index in [4.69, 9.17) is 0 Å². The molecule has 2 heterocycles. The molecule has 4 aromatic rings. The summed E-state index contributed by atoms with van der Waals surface area (Å²) in [6, 6.07) is 23.0. The normalized spacial score (nSPS) is 11.8. The highest BCUT2D eigenvalue weighted by molar-refractivity contribution is 7.18. The maximum Gasteiger partial charge on any atom is 0.266 e. The summed E-state index contributed by atoms with van der Waals surface area (Å²) >= 11 is 1.55. The Labute approximate surface area is 197 Å². The van der Waals surface area contributed by atoms with Gasteiger partial charge in [-0.3, -0.25) is 9.59 Å². The summed E-state index contributed by atoms with van der Waals surface area (Å²) in [6.07, 6.45) is 0.706. The number of rotatable bonds is 8. The van der Waals surface area contributed by atoms with Gasteiger partial charge in [0.15, 0.2) is 0 Å². The molecule has 1 atom stereocenters. The molecule has 1 N–H and O–H groups in total. The maximum atomic E-state index is 12.7. The Bertz CT molecular complexity index is 1280. The van der Waals surface area contributed by atoms with Crippen LogP contribution in [-0.2, 0) is 11.3 Å². The van der Waals surface area contributed by atoms with Crippen LogP contribution in [0.4, 0.5) is 0 Å². The number of carbonyl (C=O) groups excluding carboxylic acids is 1. The van der Waals surface area contributed by atoms with Gasteiger partial charge in [0.2, 0.25) is 5.91 Å². The van der Waals surface area contributed by atoms with Crippen molar-refractivity contribution in [3.63, 3.8) is 0 Å². The molecule has 168 valence electrons. The van der Waals surface area contributed by atoms with Crippen molar-refractivity contribution in [3.8, 4) is 21.1 Å². The third kappa shape index (κ3) is 5.26. The molecule has 1 unspecified atom stereocenters. The van der Waals surface area contributed by atoms with Crippen LogP contribution in [0.1, 0.15) is 30.5 Å². The smallest absolute Gasteiger partial charge is 0.266 e. The van der Waals surface area contributed by atoms with Gasteiger partial charge in [-0.15, -0.1) is 11.3 Å². The number of hydrogen-bond donors (Lipinski definition) is 1. The van der Waals surface area contributed by atoms with Crippen molar-refractivity contribution in [3.05, 3.63) is 94.4 Å². The molecule has 0 saturated carbocycles. The fourth-order valence-corrected chi connectivity index (χ4v) is 4.77. The third-order valence-electron chi connectivity index (χ3n) is 5.47. The maximum absolute atomic E-state index is 12.7. The Morgan fingerprint density at radius 1 is 1.03 bits per heavy atom. The lowest BCUT2D eigenvalue weighted by atomic mass is 9.96. The number of amides is 1. The van der Waals surface area contributed by atoms with E-state index in [1.165, 1.54) is 10.7 Å².